The van der Waals surface area contributed by atoms with Crippen molar-refractivity contribution in [1.82, 2.24) is 10.2 Å². The van der Waals surface area contributed by atoms with Crippen LogP contribution < -0.4 is 0 Å². The fourth-order valence-corrected chi connectivity index (χ4v) is 1.37. The Hall–Kier alpha value is -0.960. The van der Waals surface area contributed by atoms with Gasteiger partial charge in [0.05, 0.1) is 11.7 Å². The van der Waals surface area contributed by atoms with Gasteiger partial charge in [0, 0.05) is 16.5 Å². The third kappa shape index (κ3) is 1.12. The van der Waals surface area contributed by atoms with Crippen molar-refractivity contribution in [3.8, 4) is 0 Å². The number of aromatic amines is 1. The molecule has 2 rings (SSSR count). The number of nitrogens with one attached hydrogen (secondary N) is 1. The SMILES string of the molecule is [CH2]Sc1ccc2cn[nH]c2c1. The molecule has 0 saturated carbocycles. The van der Waals surface area contributed by atoms with E-state index in [2.05, 4.69) is 16.5 Å². The lowest BCUT2D eigenvalue weighted by Crippen LogP contribution is -1.69. The average molecular weight is 163 g/mol. The standard InChI is InChI=1S/C8H7N2S/c1-11-7-3-2-6-5-9-10-8(6)4-7/h2-5H,1H2,(H,9,10). The summed E-state index contributed by atoms with van der Waals surface area (Å²) in [5, 5.41) is 7.97. The topological polar surface area (TPSA) is 28.7 Å². The molecule has 0 unspecified atom stereocenters. The second-order valence-electron chi connectivity index (χ2n) is 2.26. The van der Waals surface area contributed by atoms with Gasteiger partial charge in [-0.25, -0.2) is 0 Å². The van der Waals surface area contributed by atoms with Gasteiger partial charge in [-0.15, -0.1) is 11.8 Å². The molecule has 0 saturated heterocycles. The number of hydrogen-bond acceptors (Lipinski definition) is 2. The molecular formula is C8H7N2S. The van der Waals surface area contributed by atoms with E-state index in [0.717, 1.165) is 15.8 Å². The van der Waals surface area contributed by atoms with Gasteiger partial charge in [0.15, 0.2) is 0 Å². The van der Waals surface area contributed by atoms with Gasteiger partial charge in [-0.3, -0.25) is 5.10 Å². The van der Waals surface area contributed by atoms with Gasteiger partial charge >= 0.3 is 0 Å². The van der Waals surface area contributed by atoms with Gasteiger partial charge in [0.25, 0.3) is 0 Å². The van der Waals surface area contributed by atoms with Gasteiger partial charge in [0.1, 0.15) is 0 Å². The summed E-state index contributed by atoms with van der Waals surface area (Å²) in [6.07, 6.45) is 5.54. The summed E-state index contributed by atoms with van der Waals surface area (Å²) in [6.45, 7) is 0. The molecule has 0 atom stereocenters. The van der Waals surface area contributed by atoms with E-state index in [1.807, 2.05) is 24.4 Å². The van der Waals surface area contributed by atoms with E-state index in [1.165, 1.54) is 11.8 Å². The van der Waals surface area contributed by atoms with Crippen LogP contribution in [0.1, 0.15) is 0 Å². The number of thioether (sulfide) groups is 1. The summed E-state index contributed by atoms with van der Waals surface area (Å²) in [5.74, 6) is 0. The number of H-pyrrole nitrogens is 1. The second-order valence-corrected chi connectivity index (χ2v) is 3.02. The van der Waals surface area contributed by atoms with Crippen LogP contribution in [-0.2, 0) is 0 Å². The largest absolute Gasteiger partial charge is 0.278 e. The summed E-state index contributed by atoms with van der Waals surface area (Å²) in [6, 6.07) is 6.11. The zero-order valence-electron chi connectivity index (χ0n) is 5.87. The van der Waals surface area contributed by atoms with Crippen LogP contribution in [0.2, 0.25) is 0 Å². The van der Waals surface area contributed by atoms with Gasteiger partial charge in [-0.2, -0.15) is 5.10 Å². The van der Waals surface area contributed by atoms with Crippen molar-refractivity contribution < 1.29 is 0 Å². The fourth-order valence-electron chi connectivity index (χ4n) is 1.01. The van der Waals surface area contributed by atoms with E-state index >= 15 is 0 Å². The van der Waals surface area contributed by atoms with E-state index in [1.54, 1.807) is 0 Å². The number of hydrogen-bond donors (Lipinski definition) is 1. The Bertz CT molecular complexity index is 367. The summed E-state index contributed by atoms with van der Waals surface area (Å²) in [7, 11) is 0. The molecular weight excluding hydrogens is 156 g/mol. The smallest absolute Gasteiger partial charge is 0.0661 e. The Morgan fingerprint density at radius 1 is 1.45 bits per heavy atom. The van der Waals surface area contributed by atoms with Crippen LogP contribution in [0.3, 0.4) is 0 Å². The number of nitrogens with zero attached hydrogens (tertiary/aromatic N) is 1. The number of benzene rings is 1. The molecule has 0 spiro atoms. The molecule has 1 heterocycles. The maximum atomic E-state index is 3.92. The molecule has 0 aliphatic heterocycles. The summed E-state index contributed by atoms with van der Waals surface area (Å²) >= 11 is 1.49. The second kappa shape index (κ2) is 2.58. The third-order valence-corrected chi connectivity index (χ3v) is 2.17. The Morgan fingerprint density at radius 2 is 2.36 bits per heavy atom. The van der Waals surface area contributed by atoms with Crippen LogP contribution in [0.5, 0.6) is 0 Å². The lowest BCUT2D eigenvalue weighted by Gasteiger charge is -1.93. The van der Waals surface area contributed by atoms with Crippen molar-refractivity contribution >= 4 is 22.7 Å². The minimum absolute atomic E-state index is 1.07. The Labute approximate surface area is 69.0 Å². The van der Waals surface area contributed by atoms with Crippen molar-refractivity contribution in [2.75, 3.05) is 0 Å². The quantitative estimate of drug-likeness (QED) is 0.654. The average Bonchev–Trinajstić information content (AvgIpc) is 2.50. The Morgan fingerprint density at radius 3 is 3.18 bits per heavy atom. The van der Waals surface area contributed by atoms with Crippen molar-refractivity contribution in [1.29, 1.82) is 0 Å². The number of aromatic nitrogens is 2. The van der Waals surface area contributed by atoms with Crippen LogP contribution in [-0.4, -0.2) is 10.2 Å². The van der Waals surface area contributed by atoms with E-state index < -0.39 is 0 Å². The first kappa shape index (κ1) is 6.73. The maximum Gasteiger partial charge on any atom is 0.0661 e. The summed E-state index contributed by atoms with van der Waals surface area (Å²) in [5.41, 5.74) is 1.07. The van der Waals surface area contributed by atoms with Crippen LogP contribution in [0, 0.1) is 6.26 Å². The van der Waals surface area contributed by atoms with Crippen LogP contribution in [0.15, 0.2) is 29.3 Å². The van der Waals surface area contributed by atoms with E-state index in [0.29, 0.717) is 0 Å². The first-order valence-corrected chi connectivity index (χ1v) is 4.24. The van der Waals surface area contributed by atoms with E-state index in [4.69, 9.17) is 0 Å². The highest BCUT2D eigenvalue weighted by Crippen LogP contribution is 2.20. The van der Waals surface area contributed by atoms with E-state index in [-0.39, 0.29) is 0 Å². The zero-order valence-corrected chi connectivity index (χ0v) is 6.69. The highest BCUT2D eigenvalue weighted by Gasteiger charge is 1.95. The van der Waals surface area contributed by atoms with Crippen molar-refractivity contribution in [3.05, 3.63) is 30.7 Å². The summed E-state index contributed by atoms with van der Waals surface area (Å²) in [4.78, 5) is 1.15. The first-order chi connectivity index (χ1) is 5.40. The minimum atomic E-state index is 1.07. The maximum absolute atomic E-state index is 3.92. The molecule has 0 aliphatic carbocycles. The predicted octanol–water partition coefficient (Wildman–Crippen LogP) is 2.45. The van der Waals surface area contributed by atoms with Crippen LogP contribution >= 0.6 is 11.8 Å². The predicted molar refractivity (Wildman–Crippen MR) is 47.3 cm³/mol. The zero-order chi connectivity index (χ0) is 7.68. The van der Waals surface area contributed by atoms with Crippen molar-refractivity contribution in [3.63, 3.8) is 0 Å². The molecule has 0 fully saturated rings. The molecule has 2 nitrogen and oxygen atoms in total. The molecule has 1 aromatic heterocycles. The third-order valence-electron chi connectivity index (χ3n) is 1.58. The van der Waals surface area contributed by atoms with Crippen molar-refractivity contribution in [2.45, 2.75) is 4.90 Å². The molecule has 0 aliphatic rings. The van der Waals surface area contributed by atoms with Gasteiger partial charge in [0.2, 0.25) is 0 Å². The molecule has 3 heteroatoms. The Balaban J connectivity index is 2.67. The normalized spacial score (nSPS) is 10.6. The highest BCUT2D eigenvalue weighted by atomic mass is 32.2. The molecule has 0 bridgehead atoms. The number of fused-ring (bicyclic) bond motifs is 1. The van der Waals surface area contributed by atoms with Crippen LogP contribution in [0.4, 0.5) is 0 Å². The fraction of sp³-hybridized carbons (Fsp3) is 0. The molecule has 1 radical (unpaired) electrons. The van der Waals surface area contributed by atoms with Gasteiger partial charge < -0.3 is 0 Å². The molecule has 2 aromatic rings. The molecule has 1 N–H and O–H groups in total. The summed E-state index contributed by atoms with van der Waals surface area (Å²) < 4.78 is 0. The molecule has 11 heavy (non-hydrogen) atoms. The lowest BCUT2D eigenvalue weighted by atomic mass is 10.3. The molecule has 0 amide bonds. The van der Waals surface area contributed by atoms with Crippen molar-refractivity contribution in [2.24, 2.45) is 0 Å². The van der Waals surface area contributed by atoms with E-state index in [9.17, 15) is 0 Å². The minimum Gasteiger partial charge on any atom is -0.278 e. The van der Waals surface area contributed by atoms with Crippen LogP contribution in [0.25, 0.3) is 10.9 Å². The highest BCUT2D eigenvalue weighted by molar-refractivity contribution is 8.00. The lowest BCUT2D eigenvalue weighted by molar-refractivity contribution is 1.12. The number of rotatable bonds is 1. The first-order valence-electron chi connectivity index (χ1n) is 3.25. The monoisotopic (exact) mass is 163 g/mol. The van der Waals surface area contributed by atoms with Gasteiger partial charge in [-0.1, -0.05) is 6.07 Å². The molecule has 1 aromatic carbocycles. The molecule has 55 valence electrons. The Kier molecular flexibility index (Phi) is 1.58. The van der Waals surface area contributed by atoms with Gasteiger partial charge in [-0.05, 0) is 12.1 Å².